The van der Waals surface area contributed by atoms with Crippen molar-refractivity contribution in [2.45, 2.75) is 51.2 Å². The van der Waals surface area contributed by atoms with Crippen LogP contribution in [0.3, 0.4) is 0 Å². The largest absolute Gasteiger partial charge is 0.467 e. The number of carbonyl (C=O) groups is 1. The van der Waals surface area contributed by atoms with E-state index >= 15 is 0 Å². The van der Waals surface area contributed by atoms with Crippen molar-refractivity contribution in [3.8, 4) is 0 Å². The molecule has 0 bridgehead atoms. The molecular formula is C18H25N3O2. The molecule has 2 heterocycles. The Kier molecular flexibility index (Phi) is 5.05. The van der Waals surface area contributed by atoms with Crippen molar-refractivity contribution >= 4 is 6.03 Å². The highest BCUT2D eigenvalue weighted by Gasteiger charge is 2.21. The number of hydrogen-bond donors (Lipinski definition) is 1. The first kappa shape index (κ1) is 15.7. The van der Waals surface area contributed by atoms with Gasteiger partial charge in [-0.1, -0.05) is 19.3 Å². The number of nitrogens with one attached hydrogen (secondary N) is 1. The van der Waals surface area contributed by atoms with E-state index in [1.54, 1.807) is 6.26 Å². The zero-order valence-corrected chi connectivity index (χ0v) is 13.7. The number of amides is 2. The lowest BCUT2D eigenvalue weighted by Gasteiger charge is -2.28. The molecule has 0 spiro atoms. The van der Waals surface area contributed by atoms with Crippen LogP contribution < -0.4 is 5.32 Å². The number of carbonyl (C=O) groups excluding carboxylic acids is 1. The third kappa shape index (κ3) is 4.18. The van der Waals surface area contributed by atoms with Crippen molar-refractivity contribution in [2.75, 3.05) is 0 Å². The molecule has 0 radical (unpaired) electrons. The maximum Gasteiger partial charge on any atom is 0.318 e. The molecule has 124 valence electrons. The summed E-state index contributed by atoms with van der Waals surface area (Å²) in [5, 5.41) is 3.20. The van der Waals surface area contributed by atoms with Gasteiger partial charge >= 0.3 is 6.03 Å². The standard InChI is InChI=1S/C18H25N3O2/c1-20-11-5-9-16(20)13-21(14-17-10-6-12-23-17)18(22)19-15-7-3-2-4-8-15/h5-6,9-12,15H,2-4,7-8,13-14H2,1H3,(H,19,22). The van der Waals surface area contributed by atoms with Gasteiger partial charge in [0, 0.05) is 25.0 Å². The van der Waals surface area contributed by atoms with Gasteiger partial charge in [0.05, 0.1) is 19.4 Å². The van der Waals surface area contributed by atoms with Crippen LogP contribution in [0, 0.1) is 0 Å². The number of hydrogen-bond acceptors (Lipinski definition) is 2. The normalized spacial score (nSPS) is 15.5. The Labute approximate surface area is 137 Å². The number of furan rings is 1. The molecule has 5 heteroatoms. The van der Waals surface area contributed by atoms with Crippen molar-refractivity contribution in [3.63, 3.8) is 0 Å². The summed E-state index contributed by atoms with van der Waals surface area (Å²) in [6.07, 6.45) is 9.53. The van der Waals surface area contributed by atoms with Crippen molar-refractivity contribution in [2.24, 2.45) is 7.05 Å². The Bertz CT molecular complexity index is 612. The number of nitrogens with zero attached hydrogens (tertiary/aromatic N) is 2. The number of rotatable bonds is 5. The predicted molar refractivity (Wildman–Crippen MR) is 88.8 cm³/mol. The molecule has 0 saturated heterocycles. The van der Waals surface area contributed by atoms with Gasteiger partial charge in [-0.15, -0.1) is 0 Å². The first-order valence-corrected chi connectivity index (χ1v) is 8.40. The second kappa shape index (κ2) is 7.40. The van der Waals surface area contributed by atoms with Crippen LogP contribution in [0.5, 0.6) is 0 Å². The van der Waals surface area contributed by atoms with Gasteiger partial charge in [-0.2, -0.15) is 0 Å². The van der Waals surface area contributed by atoms with Crippen LogP contribution in [0.4, 0.5) is 4.79 Å². The van der Waals surface area contributed by atoms with Gasteiger partial charge in [-0.05, 0) is 37.1 Å². The zero-order valence-electron chi connectivity index (χ0n) is 13.7. The second-order valence-electron chi connectivity index (χ2n) is 6.33. The third-order valence-corrected chi connectivity index (χ3v) is 4.55. The molecule has 2 aromatic heterocycles. The zero-order chi connectivity index (χ0) is 16.1. The molecule has 1 fully saturated rings. The SMILES string of the molecule is Cn1cccc1CN(Cc1ccco1)C(=O)NC1CCCCC1. The first-order valence-electron chi connectivity index (χ1n) is 8.40. The van der Waals surface area contributed by atoms with E-state index in [-0.39, 0.29) is 6.03 Å². The molecule has 0 aromatic carbocycles. The van der Waals surface area contributed by atoms with E-state index in [2.05, 4.69) is 5.32 Å². The average Bonchev–Trinajstić information content (AvgIpc) is 3.20. The van der Waals surface area contributed by atoms with Crippen molar-refractivity contribution in [3.05, 3.63) is 48.2 Å². The first-order chi connectivity index (χ1) is 11.2. The van der Waals surface area contributed by atoms with Gasteiger partial charge in [0.15, 0.2) is 0 Å². The highest BCUT2D eigenvalue weighted by Crippen LogP contribution is 2.18. The lowest BCUT2D eigenvalue weighted by molar-refractivity contribution is 0.178. The predicted octanol–water partition coefficient (Wildman–Crippen LogP) is 3.66. The maximum absolute atomic E-state index is 12.7. The molecule has 23 heavy (non-hydrogen) atoms. The van der Waals surface area contributed by atoms with Gasteiger partial charge in [-0.25, -0.2) is 4.79 Å². The Hall–Kier alpha value is -2.17. The Morgan fingerprint density at radius 3 is 2.74 bits per heavy atom. The van der Waals surface area contributed by atoms with Gasteiger partial charge in [0.1, 0.15) is 5.76 Å². The van der Waals surface area contributed by atoms with Crippen LogP contribution >= 0.6 is 0 Å². The molecule has 5 nitrogen and oxygen atoms in total. The number of aryl methyl sites for hydroxylation is 1. The maximum atomic E-state index is 12.7. The van der Waals surface area contributed by atoms with E-state index in [1.165, 1.54) is 19.3 Å². The monoisotopic (exact) mass is 315 g/mol. The molecule has 0 aliphatic heterocycles. The van der Waals surface area contributed by atoms with E-state index in [1.807, 2.05) is 47.0 Å². The van der Waals surface area contributed by atoms with E-state index in [9.17, 15) is 4.79 Å². The van der Waals surface area contributed by atoms with E-state index in [0.29, 0.717) is 19.1 Å². The Morgan fingerprint density at radius 2 is 2.09 bits per heavy atom. The highest BCUT2D eigenvalue weighted by atomic mass is 16.3. The fraction of sp³-hybridized carbons (Fsp3) is 0.500. The summed E-state index contributed by atoms with van der Waals surface area (Å²) in [4.78, 5) is 14.6. The van der Waals surface area contributed by atoms with Crippen LogP contribution in [0.1, 0.15) is 43.6 Å². The van der Waals surface area contributed by atoms with Gasteiger partial charge < -0.3 is 19.2 Å². The minimum atomic E-state index is -0.00509. The molecule has 1 aliphatic carbocycles. The second-order valence-corrected chi connectivity index (χ2v) is 6.33. The van der Waals surface area contributed by atoms with Crippen LogP contribution in [-0.4, -0.2) is 21.5 Å². The number of aromatic nitrogens is 1. The van der Waals surface area contributed by atoms with Gasteiger partial charge in [-0.3, -0.25) is 0 Å². The fourth-order valence-corrected chi connectivity index (χ4v) is 3.16. The van der Waals surface area contributed by atoms with Gasteiger partial charge in [0.2, 0.25) is 0 Å². The van der Waals surface area contributed by atoms with Gasteiger partial charge in [0.25, 0.3) is 0 Å². The summed E-state index contributed by atoms with van der Waals surface area (Å²) in [6, 6.07) is 8.11. The summed E-state index contributed by atoms with van der Waals surface area (Å²) in [6.45, 7) is 1.06. The van der Waals surface area contributed by atoms with E-state index < -0.39 is 0 Å². The molecule has 1 aliphatic rings. The lowest BCUT2D eigenvalue weighted by atomic mass is 9.96. The minimum Gasteiger partial charge on any atom is -0.467 e. The third-order valence-electron chi connectivity index (χ3n) is 4.55. The van der Waals surface area contributed by atoms with Crippen LogP contribution in [-0.2, 0) is 20.1 Å². The topological polar surface area (TPSA) is 50.4 Å². The summed E-state index contributed by atoms with van der Waals surface area (Å²) in [7, 11) is 2.00. The lowest BCUT2D eigenvalue weighted by Crippen LogP contribution is -2.45. The van der Waals surface area contributed by atoms with Crippen LogP contribution in [0.2, 0.25) is 0 Å². The average molecular weight is 315 g/mol. The summed E-state index contributed by atoms with van der Waals surface area (Å²) >= 11 is 0. The van der Waals surface area contributed by atoms with Crippen molar-refractivity contribution in [1.29, 1.82) is 0 Å². The molecular weight excluding hydrogens is 290 g/mol. The minimum absolute atomic E-state index is 0.00509. The van der Waals surface area contributed by atoms with Crippen molar-refractivity contribution < 1.29 is 9.21 Å². The highest BCUT2D eigenvalue weighted by molar-refractivity contribution is 5.74. The summed E-state index contributed by atoms with van der Waals surface area (Å²) in [5.41, 5.74) is 1.11. The molecule has 0 unspecified atom stereocenters. The quantitative estimate of drug-likeness (QED) is 0.915. The van der Waals surface area contributed by atoms with Crippen LogP contribution in [0.15, 0.2) is 41.1 Å². The summed E-state index contributed by atoms with van der Waals surface area (Å²) < 4.78 is 7.47. The summed E-state index contributed by atoms with van der Waals surface area (Å²) in [5.74, 6) is 0.804. The molecule has 2 amide bonds. The van der Waals surface area contributed by atoms with E-state index in [0.717, 1.165) is 24.3 Å². The molecule has 0 atom stereocenters. The molecule has 1 saturated carbocycles. The molecule has 1 N–H and O–H groups in total. The Balaban J connectivity index is 1.68. The fourth-order valence-electron chi connectivity index (χ4n) is 3.16. The van der Waals surface area contributed by atoms with Crippen LogP contribution in [0.25, 0.3) is 0 Å². The Morgan fingerprint density at radius 1 is 1.26 bits per heavy atom. The van der Waals surface area contributed by atoms with Crippen molar-refractivity contribution in [1.82, 2.24) is 14.8 Å². The smallest absolute Gasteiger partial charge is 0.318 e. The molecule has 3 rings (SSSR count). The molecule has 2 aromatic rings. The van der Waals surface area contributed by atoms with E-state index in [4.69, 9.17) is 4.42 Å². The number of urea groups is 1.